The molecule has 0 fully saturated rings. The molecule has 0 aliphatic heterocycles. The molecule has 7 heteroatoms. The maximum atomic E-state index is 13.2. The number of hydrogen-bond acceptors (Lipinski definition) is 4. The number of carbonyl (C=O) groups excluding carboxylic acids is 1. The van der Waals surface area contributed by atoms with Gasteiger partial charge >= 0.3 is 0 Å². The van der Waals surface area contributed by atoms with Crippen molar-refractivity contribution >= 4 is 33.1 Å². The largest absolute Gasteiger partial charge is 0.506 e. The van der Waals surface area contributed by atoms with Crippen molar-refractivity contribution in [3.8, 4) is 11.4 Å². The lowest BCUT2D eigenvalue weighted by Gasteiger charge is -2.05. The van der Waals surface area contributed by atoms with E-state index in [1.165, 1.54) is 29.5 Å². The lowest BCUT2D eigenvalue weighted by atomic mass is 10.2. The predicted octanol–water partition coefficient (Wildman–Crippen LogP) is 4.49. The number of phenolic OH excluding ortho intramolecular Hbond substituents is 1. The lowest BCUT2D eigenvalue weighted by Crippen LogP contribution is -2.10. The Bertz CT molecular complexity index is 1120. The van der Waals surface area contributed by atoms with E-state index in [9.17, 15) is 14.3 Å². The fourth-order valence-corrected chi connectivity index (χ4v) is 3.76. The van der Waals surface area contributed by atoms with Gasteiger partial charge in [-0.25, -0.2) is 9.07 Å². The van der Waals surface area contributed by atoms with Crippen LogP contribution in [-0.4, -0.2) is 20.8 Å². The summed E-state index contributed by atoms with van der Waals surface area (Å²) < 4.78 is 14.9. The molecule has 2 heterocycles. The van der Waals surface area contributed by atoms with Crippen molar-refractivity contribution in [2.75, 3.05) is 5.32 Å². The number of aryl methyl sites for hydroxylation is 1. The summed E-state index contributed by atoms with van der Waals surface area (Å²) in [5.74, 6) is -0.615. The van der Waals surface area contributed by atoms with Crippen LogP contribution in [0.4, 0.5) is 10.1 Å². The molecule has 26 heavy (non-hydrogen) atoms. The highest BCUT2D eigenvalue weighted by Crippen LogP contribution is 2.31. The van der Waals surface area contributed by atoms with E-state index in [2.05, 4.69) is 10.4 Å². The van der Waals surface area contributed by atoms with Crippen molar-refractivity contribution in [1.82, 2.24) is 9.78 Å². The number of aromatic hydroxyl groups is 1. The zero-order chi connectivity index (χ0) is 18.3. The number of benzene rings is 2. The summed E-state index contributed by atoms with van der Waals surface area (Å²) in [6.07, 6.45) is 0. The van der Waals surface area contributed by atoms with E-state index in [-0.39, 0.29) is 17.5 Å². The highest BCUT2D eigenvalue weighted by Gasteiger charge is 2.18. The number of para-hydroxylation sites is 2. The van der Waals surface area contributed by atoms with Gasteiger partial charge in [-0.2, -0.15) is 5.10 Å². The Kier molecular flexibility index (Phi) is 3.93. The molecule has 2 aromatic carbocycles. The number of nitrogens with zero attached hydrogens (tertiary/aromatic N) is 2. The summed E-state index contributed by atoms with van der Waals surface area (Å²) >= 11 is 1.29. The van der Waals surface area contributed by atoms with Gasteiger partial charge in [0.05, 0.1) is 21.9 Å². The van der Waals surface area contributed by atoms with Crippen molar-refractivity contribution in [2.45, 2.75) is 6.92 Å². The van der Waals surface area contributed by atoms with Crippen LogP contribution >= 0.6 is 11.3 Å². The topological polar surface area (TPSA) is 67.2 Å². The van der Waals surface area contributed by atoms with Crippen molar-refractivity contribution in [2.24, 2.45) is 0 Å². The Morgan fingerprint density at radius 2 is 1.92 bits per heavy atom. The Labute approximate surface area is 152 Å². The number of halogens is 1. The minimum atomic E-state index is -0.317. The molecule has 0 saturated heterocycles. The second-order valence-corrected chi connectivity index (χ2v) is 6.81. The van der Waals surface area contributed by atoms with E-state index in [1.807, 2.05) is 6.92 Å². The molecule has 0 bridgehead atoms. The van der Waals surface area contributed by atoms with Gasteiger partial charge in [-0.1, -0.05) is 12.1 Å². The second kappa shape index (κ2) is 6.27. The molecule has 1 amide bonds. The normalized spacial score (nSPS) is 11.0. The van der Waals surface area contributed by atoms with Gasteiger partial charge in [0.2, 0.25) is 0 Å². The van der Waals surface area contributed by atoms with E-state index < -0.39 is 0 Å². The standard InChI is InChI=1S/C19H14FN3O2S/c1-11-14-10-17(18(25)21-15-4-2-3-5-16(15)24)26-19(14)23(22-11)13-8-6-12(20)7-9-13/h2-10,24H,1H3,(H,21,25). The first-order valence-corrected chi connectivity index (χ1v) is 8.69. The van der Waals surface area contributed by atoms with E-state index in [4.69, 9.17) is 0 Å². The van der Waals surface area contributed by atoms with Crippen LogP contribution < -0.4 is 5.32 Å². The van der Waals surface area contributed by atoms with Gasteiger partial charge in [-0.15, -0.1) is 11.3 Å². The molecule has 4 aromatic rings. The van der Waals surface area contributed by atoms with Crippen molar-refractivity contribution < 1.29 is 14.3 Å². The number of amides is 1. The van der Waals surface area contributed by atoms with Gasteiger partial charge in [0.1, 0.15) is 16.4 Å². The van der Waals surface area contributed by atoms with Gasteiger partial charge in [0, 0.05) is 5.39 Å². The summed E-state index contributed by atoms with van der Waals surface area (Å²) in [6, 6.07) is 14.4. The average molecular weight is 367 g/mol. The first kappa shape index (κ1) is 16.3. The molecule has 0 radical (unpaired) electrons. The first-order valence-electron chi connectivity index (χ1n) is 7.87. The minimum Gasteiger partial charge on any atom is -0.506 e. The number of nitrogens with one attached hydrogen (secondary N) is 1. The first-order chi connectivity index (χ1) is 12.5. The summed E-state index contributed by atoms with van der Waals surface area (Å²) in [7, 11) is 0. The molecule has 0 saturated carbocycles. The molecule has 2 aromatic heterocycles. The van der Waals surface area contributed by atoms with Crippen molar-refractivity contribution in [3.63, 3.8) is 0 Å². The summed E-state index contributed by atoms with van der Waals surface area (Å²) in [5, 5.41) is 17.9. The molecular weight excluding hydrogens is 353 g/mol. The van der Waals surface area contributed by atoms with Gasteiger partial charge in [-0.05, 0) is 49.4 Å². The third-order valence-corrected chi connectivity index (χ3v) is 5.10. The SMILES string of the molecule is Cc1nn(-c2ccc(F)cc2)c2sc(C(=O)Nc3ccccc3O)cc12. The van der Waals surface area contributed by atoms with Crippen LogP contribution in [-0.2, 0) is 0 Å². The fraction of sp³-hybridized carbons (Fsp3) is 0.0526. The number of phenols is 1. The number of hydrogen-bond donors (Lipinski definition) is 2. The quantitative estimate of drug-likeness (QED) is 0.524. The van der Waals surface area contributed by atoms with E-state index in [1.54, 1.807) is 41.1 Å². The number of thiophene rings is 1. The van der Waals surface area contributed by atoms with Crippen LogP contribution in [0.25, 0.3) is 15.9 Å². The zero-order valence-corrected chi connectivity index (χ0v) is 14.5. The molecule has 5 nitrogen and oxygen atoms in total. The van der Waals surface area contributed by atoms with Crippen molar-refractivity contribution in [1.29, 1.82) is 0 Å². The predicted molar refractivity (Wildman–Crippen MR) is 99.7 cm³/mol. The summed E-state index contributed by atoms with van der Waals surface area (Å²) in [5.41, 5.74) is 1.85. The lowest BCUT2D eigenvalue weighted by molar-refractivity contribution is 0.103. The molecule has 0 spiro atoms. The third kappa shape index (κ3) is 2.82. The highest BCUT2D eigenvalue weighted by molar-refractivity contribution is 7.20. The molecule has 2 N–H and O–H groups in total. The van der Waals surface area contributed by atoms with Crippen LogP contribution in [0.2, 0.25) is 0 Å². The van der Waals surface area contributed by atoms with Crippen LogP contribution in [0.3, 0.4) is 0 Å². The molecular formula is C19H14FN3O2S. The number of carbonyl (C=O) groups is 1. The van der Waals surface area contributed by atoms with E-state index in [0.717, 1.165) is 21.6 Å². The Morgan fingerprint density at radius 1 is 1.19 bits per heavy atom. The monoisotopic (exact) mass is 367 g/mol. The van der Waals surface area contributed by atoms with Crippen molar-refractivity contribution in [3.05, 3.63) is 71.0 Å². The number of anilines is 1. The van der Waals surface area contributed by atoms with Crippen LogP contribution in [0.1, 0.15) is 15.4 Å². The molecule has 0 aliphatic carbocycles. The maximum Gasteiger partial charge on any atom is 0.265 e. The third-order valence-electron chi connectivity index (χ3n) is 3.99. The summed E-state index contributed by atoms with van der Waals surface area (Å²) in [6.45, 7) is 1.86. The fourth-order valence-electron chi connectivity index (χ4n) is 2.68. The molecule has 130 valence electrons. The molecule has 0 atom stereocenters. The maximum absolute atomic E-state index is 13.2. The number of aromatic nitrogens is 2. The second-order valence-electron chi connectivity index (χ2n) is 5.77. The molecule has 4 rings (SSSR count). The average Bonchev–Trinajstić information content (AvgIpc) is 3.19. The van der Waals surface area contributed by atoms with E-state index in [0.29, 0.717) is 10.6 Å². The minimum absolute atomic E-state index is 0.00984. The van der Waals surface area contributed by atoms with Gasteiger partial charge in [-0.3, -0.25) is 4.79 Å². The Hall–Kier alpha value is -3.19. The van der Waals surface area contributed by atoms with E-state index >= 15 is 0 Å². The Morgan fingerprint density at radius 3 is 2.65 bits per heavy atom. The van der Waals surface area contributed by atoms with Gasteiger partial charge in [0.15, 0.2) is 0 Å². The van der Waals surface area contributed by atoms with Crippen LogP contribution in [0.5, 0.6) is 5.75 Å². The molecule has 0 unspecified atom stereocenters. The van der Waals surface area contributed by atoms with Gasteiger partial charge in [0.25, 0.3) is 5.91 Å². The van der Waals surface area contributed by atoms with Crippen LogP contribution in [0, 0.1) is 12.7 Å². The smallest absolute Gasteiger partial charge is 0.265 e. The Balaban J connectivity index is 1.72. The highest BCUT2D eigenvalue weighted by atomic mass is 32.1. The molecule has 0 aliphatic rings. The van der Waals surface area contributed by atoms with Gasteiger partial charge < -0.3 is 10.4 Å². The number of rotatable bonds is 3. The number of fused-ring (bicyclic) bond motifs is 1. The summed E-state index contributed by atoms with van der Waals surface area (Å²) in [4.78, 5) is 13.8. The zero-order valence-electron chi connectivity index (χ0n) is 13.7. The van der Waals surface area contributed by atoms with Crippen LogP contribution in [0.15, 0.2) is 54.6 Å².